The first kappa shape index (κ1) is 18.8. The summed E-state index contributed by atoms with van der Waals surface area (Å²) in [6.07, 6.45) is 3.46. The molecule has 0 aliphatic carbocycles. The molecule has 0 bridgehead atoms. The number of aromatic amines is 1. The third kappa shape index (κ3) is 3.71. The van der Waals surface area contributed by atoms with Crippen molar-refractivity contribution < 1.29 is 4.74 Å². The van der Waals surface area contributed by atoms with Crippen molar-refractivity contribution in [2.24, 2.45) is 0 Å². The van der Waals surface area contributed by atoms with Crippen LogP contribution < -0.4 is 10.1 Å². The van der Waals surface area contributed by atoms with Crippen molar-refractivity contribution in [1.29, 1.82) is 0 Å². The Labute approximate surface area is 179 Å². The van der Waals surface area contributed by atoms with Gasteiger partial charge in [0.2, 0.25) is 0 Å². The highest BCUT2D eigenvalue weighted by Gasteiger charge is 2.16. The van der Waals surface area contributed by atoms with Gasteiger partial charge in [-0.05, 0) is 43.3 Å². The van der Waals surface area contributed by atoms with E-state index in [0.717, 1.165) is 51.2 Å². The normalized spacial score (nSPS) is 11.0. The molecule has 1 aromatic carbocycles. The monoisotopic (exact) mass is 411 g/mol. The molecule has 31 heavy (non-hydrogen) atoms. The summed E-state index contributed by atoms with van der Waals surface area (Å²) in [4.78, 5) is 17.3. The molecule has 2 N–H and O–H groups in total. The Kier molecular flexibility index (Phi) is 4.80. The molecular weight excluding hydrogens is 390 g/mol. The number of fused-ring (bicyclic) bond motifs is 1. The topological polar surface area (TPSA) is 93.0 Å². The van der Waals surface area contributed by atoms with E-state index in [1.807, 2.05) is 67.7 Å². The number of H-pyrrole nitrogens is 1. The lowest BCUT2D eigenvalue weighted by molar-refractivity contribution is 0.416. The van der Waals surface area contributed by atoms with Gasteiger partial charge in [0.25, 0.3) is 0 Å². The summed E-state index contributed by atoms with van der Waals surface area (Å²) >= 11 is 0. The molecule has 154 valence electrons. The zero-order valence-corrected chi connectivity index (χ0v) is 17.2. The van der Waals surface area contributed by atoms with Gasteiger partial charge in [-0.15, -0.1) is 0 Å². The van der Waals surface area contributed by atoms with Crippen LogP contribution in [0.15, 0.2) is 67.1 Å². The number of anilines is 1. The number of hydrogen-bond acceptors (Lipinski definition) is 6. The number of ether oxygens (including phenoxy) is 1. The third-order valence-electron chi connectivity index (χ3n) is 5.00. The van der Waals surface area contributed by atoms with Crippen molar-refractivity contribution in [3.05, 3.63) is 78.6 Å². The lowest BCUT2D eigenvalue weighted by Gasteiger charge is -2.09. The van der Waals surface area contributed by atoms with Crippen molar-refractivity contribution >= 4 is 11.3 Å². The predicted molar refractivity (Wildman–Crippen MR) is 119 cm³/mol. The van der Waals surface area contributed by atoms with Crippen LogP contribution in [0.25, 0.3) is 28.3 Å². The van der Waals surface area contributed by atoms with E-state index in [1.165, 1.54) is 6.33 Å². The average Bonchev–Trinajstić information content (AvgIpc) is 3.44. The Bertz CT molecular complexity index is 1360. The number of nitrogens with one attached hydrogen (secondary N) is 2. The fourth-order valence-electron chi connectivity index (χ4n) is 3.51. The number of aromatic nitrogens is 6. The summed E-state index contributed by atoms with van der Waals surface area (Å²) in [5.74, 6) is 1.57. The van der Waals surface area contributed by atoms with Crippen LogP contribution in [0.1, 0.15) is 11.5 Å². The zero-order chi connectivity index (χ0) is 21.2. The molecule has 0 amide bonds. The number of benzene rings is 1. The van der Waals surface area contributed by atoms with E-state index in [1.54, 1.807) is 11.6 Å². The molecule has 4 heterocycles. The van der Waals surface area contributed by atoms with Gasteiger partial charge in [0.05, 0.1) is 36.4 Å². The van der Waals surface area contributed by atoms with Gasteiger partial charge in [-0.25, -0.2) is 14.5 Å². The summed E-state index contributed by atoms with van der Waals surface area (Å²) in [7, 11) is 1.66. The molecule has 5 aromatic rings. The minimum Gasteiger partial charge on any atom is -0.495 e. The molecule has 5 rings (SSSR count). The van der Waals surface area contributed by atoms with Gasteiger partial charge < -0.3 is 15.0 Å². The molecule has 0 aliphatic heterocycles. The van der Waals surface area contributed by atoms with Crippen LogP contribution in [0.4, 0.5) is 5.69 Å². The van der Waals surface area contributed by atoms with Gasteiger partial charge in [0, 0.05) is 17.5 Å². The maximum atomic E-state index is 5.43. The molecule has 0 atom stereocenters. The molecule has 0 unspecified atom stereocenters. The van der Waals surface area contributed by atoms with Gasteiger partial charge in [-0.3, -0.25) is 4.98 Å². The second-order valence-electron chi connectivity index (χ2n) is 7.11. The lowest BCUT2D eigenvalue weighted by atomic mass is 10.1. The smallest absolute Gasteiger partial charge is 0.155 e. The standard InChI is InChI=1S/C23H21N7O/c1-15-6-5-8-18(27-15)23-22(16-10-11-21-25-14-26-30(21)13-16)28-20(29-23)12-24-17-7-3-4-9-19(17)31-2/h3-11,13-14,24H,12H2,1-2H3,(H,28,29). The summed E-state index contributed by atoms with van der Waals surface area (Å²) in [6, 6.07) is 17.7. The van der Waals surface area contributed by atoms with Crippen LogP contribution in [0.3, 0.4) is 0 Å². The fraction of sp³-hybridized carbons (Fsp3) is 0.130. The number of aryl methyl sites for hydroxylation is 1. The largest absolute Gasteiger partial charge is 0.495 e. The quantitative estimate of drug-likeness (QED) is 0.437. The van der Waals surface area contributed by atoms with E-state index in [9.17, 15) is 0 Å². The van der Waals surface area contributed by atoms with E-state index >= 15 is 0 Å². The van der Waals surface area contributed by atoms with Crippen LogP contribution >= 0.6 is 0 Å². The van der Waals surface area contributed by atoms with Crippen LogP contribution in [-0.2, 0) is 6.54 Å². The molecule has 0 fully saturated rings. The Hall–Kier alpha value is -4.20. The highest BCUT2D eigenvalue weighted by molar-refractivity contribution is 5.77. The number of imidazole rings is 1. The second-order valence-corrected chi connectivity index (χ2v) is 7.11. The summed E-state index contributed by atoms with van der Waals surface area (Å²) in [5.41, 5.74) is 6.07. The Morgan fingerprint density at radius 3 is 2.81 bits per heavy atom. The molecule has 0 spiro atoms. The fourth-order valence-corrected chi connectivity index (χ4v) is 3.51. The van der Waals surface area contributed by atoms with Crippen molar-refractivity contribution in [2.75, 3.05) is 12.4 Å². The van der Waals surface area contributed by atoms with E-state index in [2.05, 4.69) is 20.4 Å². The first-order chi connectivity index (χ1) is 15.2. The van der Waals surface area contributed by atoms with Crippen LogP contribution in [0, 0.1) is 6.92 Å². The molecule has 0 saturated heterocycles. The zero-order valence-electron chi connectivity index (χ0n) is 17.2. The van der Waals surface area contributed by atoms with Gasteiger partial charge >= 0.3 is 0 Å². The summed E-state index contributed by atoms with van der Waals surface area (Å²) in [5, 5.41) is 7.64. The first-order valence-electron chi connectivity index (χ1n) is 9.91. The Morgan fingerprint density at radius 1 is 1.03 bits per heavy atom. The van der Waals surface area contributed by atoms with E-state index in [-0.39, 0.29) is 0 Å². The van der Waals surface area contributed by atoms with E-state index < -0.39 is 0 Å². The molecule has 8 nitrogen and oxygen atoms in total. The highest BCUT2D eigenvalue weighted by Crippen LogP contribution is 2.30. The molecule has 0 radical (unpaired) electrons. The molecule has 4 aromatic heterocycles. The van der Waals surface area contributed by atoms with Gasteiger partial charge in [-0.2, -0.15) is 5.10 Å². The molecule has 0 aliphatic rings. The van der Waals surface area contributed by atoms with Crippen molar-refractivity contribution in [3.8, 4) is 28.4 Å². The van der Waals surface area contributed by atoms with Crippen molar-refractivity contribution in [3.63, 3.8) is 0 Å². The number of rotatable bonds is 6. The van der Waals surface area contributed by atoms with Crippen LogP contribution in [0.2, 0.25) is 0 Å². The highest BCUT2D eigenvalue weighted by atomic mass is 16.5. The third-order valence-corrected chi connectivity index (χ3v) is 5.00. The Morgan fingerprint density at radius 2 is 1.94 bits per heavy atom. The van der Waals surface area contributed by atoms with Crippen LogP contribution in [0.5, 0.6) is 5.75 Å². The first-order valence-corrected chi connectivity index (χ1v) is 9.91. The Balaban J connectivity index is 1.54. The summed E-state index contributed by atoms with van der Waals surface area (Å²) < 4.78 is 7.17. The minimum absolute atomic E-state index is 0.505. The maximum Gasteiger partial charge on any atom is 0.155 e. The number of pyridine rings is 2. The van der Waals surface area contributed by atoms with Crippen molar-refractivity contribution in [2.45, 2.75) is 13.5 Å². The second kappa shape index (κ2) is 7.91. The predicted octanol–water partition coefficient (Wildman–Crippen LogP) is 4.11. The maximum absolute atomic E-state index is 5.43. The van der Waals surface area contributed by atoms with Crippen molar-refractivity contribution in [1.82, 2.24) is 29.5 Å². The van der Waals surface area contributed by atoms with E-state index in [0.29, 0.717) is 6.54 Å². The number of methoxy groups -OCH3 is 1. The van der Waals surface area contributed by atoms with Gasteiger partial charge in [0.15, 0.2) is 5.65 Å². The van der Waals surface area contributed by atoms with Gasteiger partial charge in [-0.1, -0.05) is 18.2 Å². The number of para-hydroxylation sites is 2. The van der Waals surface area contributed by atoms with Crippen LogP contribution in [-0.4, -0.2) is 36.7 Å². The SMILES string of the molecule is COc1ccccc1NCc1nc(-c2ccc3ncnn3c2)c(-c2cccc(C)n2)[nH]1. The summed E-state index contributed by atoms with van der Waals surface area (Å²) in [6.45, 7) is 2.48. The molecular formula is C23H21N7O. The molecule has 8 heteroatoms. The van der Waals surface area contributed by atoms with Gasteiger partial charge in [0.1, 0.15) is 17.9 Å². The molecule has 0 saturated carbocycles. The average molecular weight is 411 g/mol. The lowest BCUT2D eigenvalue weighted by Crippen LogP contribution is -2.02. The van der Waals surface area contributed by atoms with E-state index in [4.69, 9.17) is 14.7 Å². The number of hydrogen-bond donors (Lipinski definition) is 2. The minimum atomic E-state index is 0.505. The number of nitrogens with zero attached hydrogens (tertiary/aromatic N) is 5.